The van der Waals surface area contributed by atoms with Gasteiger partial charge in [0.1, 0.15) is 4.21 Å². The maximum atomic E-state index is 12.5. The Labute approximate surface area is 120 Å². The van der Waals surface area contributed by atoms with E-state index >= 15 is 0 Å². The topological polar surface area (TPSA) is 49.4 Å². The molecule has 2 atom stereocenters. The second-order valence-corrected chi connectivity index (χ2v) is 9.47. The zero-order valence-corrected chi connectivity index (χ0v) is 13.0. The molecule has 0 aromatic carbocycles. The van der Waals surface area contributed by atoms with Crippen molar-refractivity contribution in [1.29, 1.82) is 0 Å². The maximum absolute atomic E-state index is 12.5. The molecule has 0 amide bonds. The molecule has 0 saturated carbocycles. The highest BCUT2D eigenvalue weighted by atomic mass is 79.9. The maximum Gasteiger partial charge on any atom is 0.252 e. The normalized spacial score (nSPS) is 29.4. The molecular weight excluding hydrogens is 336 g/mol. The number of fused-ring (bicyclic) bond motifs is 1. The Morgan fingerprint density at radius 2 is 2.22 bits per heavy atom. The highest BCUT2D eigenvalue weighted by molar-refractivity contribution is 9.11. The van der Waals surface area contributed by atoms with Crippen LogP contribution in [0.15, 0.2) is 20.1 Å². The number of sulfonamides is 1. The summed E-state index contributed by atoms with van der Waals surface area (Å²) in [7, 11) is -3.29. The third-order valence-corrected chi connectivity index (χ3v) is 7.63. The van der Waals surface area contributed by atoms with Crippen LogP contribution in [0.2, 0.25) is 0 Å². The van der Waals surface area contributed by atoms with E-state index in [1.165, 1.54) is 11.3 Å². The first kappa shape index (κ1) is 13.1. The molecule has 2 fully saturated rings. The molecule has 0 spiro atoms. The van der Waals surface area contributed by atoms with Gasteiger partial charge in [0.25, 0.3) is 10.0 Å². The minimum absolute atomic E-state index is 0.344. The summed E-state index contributed by atoms with van der Waals surface area (Å²) in [6.45, 7) is 2.29. The van der Waals surface area contributed by atoms with Crippen molar-refractivity contribution in [1.82, 2.24) is 9.62 Å². The standard InChI is InChI=1S/C11H15BrN2O2S2/c12-10-3-4-11(17-10)18(15,16)14-6-8-2-1-5-13-9(8)7-14/h3-4,8-9,13H,1-2,5-7H2/t8-,9+/m0/s1. The van der Waals surface area contributed by atoms with E-state index in [4.69, 9.17) is 0 Å². The Balaban J connectivity index is 1.83. The molecule has 2 aliphatic rings. The summed E-state index contributed by atoms with van der Waals surface area (Å²) in [5, 5.41) is 3.43. The van der Waals surface area contributed by atoms with Crippen LogP contribution in [0, 0.1) is 5.92 Å². The molecule has 0 bridgehead atoms. The van der Waals surface area contributed by atoms with E-state index in [2.05, 4.69) is 21.2 Å². The lowest BCUT2D eigenvalue weighted by Gasteiger charge is -2.24. The average Bonchev–Trinajstić information content (AvgIpc) is 2.94. The molecule has 4 nitrogen and oxygen atoms in total. The molecule has 0 radical (unpaired) electrons. The van der Waals surface area contributed by atoms with Crippen LogP contribution >= 0.6 is 27.3 Å². The second-order valence-electron chi connectivity index (χ2n) is 4.84. The van der Waals surface area contributed by atoms with Gasteiger partial charge in [0.15, 0.2) is 0 Å². The summed E-state index contributed by atoms with van der Waals surface area (Å²) in [4.78, 5) is 0. The summed E-state index contributed by atoms with van der Waals surface area (Å²) >= 11 is 4.60. The van der Waals surface area contributed by atoms with Crippen molar-refractivity contribution in [2.75, 3.05) is 19.6 Å². The van der Waals surface area contributed by atoms with Crippen LogP contribution in [0.1, 0.15) is 12.8 Å². The lowest BCUT2D eigenvalue weighted by atomic mass is 9.94. The van der Waals surface area contributed by atoms with E-state index in [0.29, 0.717) is 29.3 Å². The highest BCUT2D eigenvalue weighted by Gasteiger charge is 2.40. The zero-order valence-electron chi connectivity index (χ0n) is 9.80. The van der Waals surface area contributed by atoms with Gasteiger partial charge in [0.2, 0.25) is 0 Å². The first-order valence-corrected chi connectivity index (χ1v) is 9.11. The summed E-state index contributed by atoms with van der Waals surface area (Å²) in [6.07, 6.45) is 2.29. The minimum atomic E-state index is -3.29. The van der Waals surface area contributed by atoms with Crippen molar-refractivity contribution >= 4 is 37.3 Å². The Bertz CT molecular complexity index is 529. The molecule has 18 heavy (non-hydrogen) atoms. The Hall–Kier alpha value is 0.0500. The van der Waals surface area contributed by atoms with E-state index in [1.54, 1.807) is 16.4 Å². The molecule has 2 saturated heterocycles. The van der Waals surface area contributed by atoms with Crippen LogP contribution in [-0.4, -0.2) is 38.4 Å². The molecular formula is C11H15BrN2O2S2. The zero-order chi connectivity index (χ0) is 12.8. The number of nitrogens with zero attached hydrogens (tertiary/aromatic N) is 1. The molecule has 1 aromatic heterocycles. The second kappa shape index (κ2) is 4.86. The molecule has 2 aliphatic heterocycles. The predicted octanol–water partition coefficient (Wildman–Crippen LogP) is 1.88. The van der Waals surface area contributed by atoms with Crippen molar-refractivity contribution in [2.24, 2.45) is 5.92 Å². The van der Waals surface area contributed by atoms with Gasteiger partial charge in [-0.05, 0) is 53.4 Å². The van der Waals surface area contributed by atoms with Gasteiger partial charge >= 0.3 is 0 Å². The van der Waals surface area contributed by atoms with Crippen LogP contribution in [-0.2, 0) is 10.0 Å². The number of hydrogen-bond donors (Lipinski definition) is 1. The van der Waals surface area contributed by atoms with Gasteiger partial charge in [-0.3, -0.25) is 0 Å². The van der Waals surface area contributed by atoms with E-state index in [9.17, 15) is 8.42 Å². The van der Waals surface area contributed by atoms with Gasteiger partial charge < -0.3 is 5.32 Å². The minimum Gasteiger partial charge on any atom is -0.312 e. The number of thiophene rings is 1. The molecule has 0 aliphatic carbocycles. The van der Waals surface area contributed by atoms with Crippen LogP contribution in [0.5, 0.6) is 0 Å². The SMILES string of the molecule is O=S(=O)(c1ccc(Br)s1)N1C[C@@H]2CCCN[C@@H]2C1. The average molecular weight is 351 g/mol. The first-order valence-electron chi connectivity index (χ1n) is 6.06. The molecule has 0 unspecified atom stereocenters. The van der Waals surface area contributed by atoms with Crippen molar-refractivity contribution in [3.05, 3.63) is 15.9 Å². The van der Waals surface area contributed by atoms with Crippen molar-refractivity contribution in [2.45, 2.75) is 23.1 Å². The highest BCUT2D eigenvalue weighted by Crippen LogP contribution is 2.33. The van der Waals surface area contributed by atoms with E-state index in [-0.39, 0.29) is 0 Å². The van der Waals surface area contributed by atoms with Gasteiger partial charge in [-0.25, -0.2) is 8.42 Å². The summed E-state index contributed by atoms with van der Waals surface area (Å²) in [6, 6.07) is 3.82. The van der Waals surface area contributed by atoms with Gasteiger partial charge in [-0.15, -0.1) is 11.3 Å². The van der Waals surface area contributed by atoms with Gasteiger partial charge in [-0.2, -0.15) is 4.31 Å². The first-order chi connectivity index (χ1) is 8.57. The number of rotatable bonds is 2. The van der Waals surface area contributed by atoms with Crippen molar-refractivity contribution < 1.29 is 8.42 Å². The van der Waals surface area contributed by atoms with Crippen LogP contribution < -0.4 is 5.32 Å². The van der Waals surface area contributed by atoms with Crippen LogP contribution in [0.4, 0.5) is 0 Å². The van der Waals surface area contributed by atoms with Crippen molar-refractivity contribution in [3.8, 4) is 0 Å². The molecule has 1 aromatic rings. The smallest absolute Gasteiger partial charge is 0.252 e. The Kier molecular flexibility index (Phi) is 3.53. The van der Waals surface area contributed by atoms with Gasteiger partial charge in [0.05, 0.1) is 3.79 Å². The number of piperidine rings is 1. The fraction of sp³-hybridized carbons (Fsp3) is 0.636. The number of nitrogens with one attached hydrogen (secondary N) is 1. The molecule has 100 valence electrons. The third-order valence-electron chi connectivity index (χ3n) is 3.71. The van der Waals surface area contributed by atoms with Gasteiger partial charge in [0, 0.05) is 19.1 Å². The summed E-state index contributed by atoms with van der Waals surface area (Å²) in [5.74, 6) is 0.483. The number of hydrogen-bond acceptors (Lipinski definition) is 4. The fourth-order valence-corrected chi connectivity index (χ4v) is 6.45. The lowest BCUT2D eigenvalue weighted by molar-refractivity contribution is 0.339. The largest absolute Gasteiger partial charge is 0.312 e. The molecule has 1 N–H and O–H groups in total. The Morgan fingerprint density at radius 3 is 2.89 bits per heavy atom. The number of halogens is 1. The van der Waals surface area contributed by atoms with Crippen LogP contribution in [0.25, 0.3) is 0 Å². The van der Waals surface area contributed by atoms with Crippen LogP contribution in [0.3, 0.4) is 0 Å². The molecule has 3 heterocycles. The van der Waals surface area contributed by atoms with E-state index in [1.807, 2.05) is 0 Å². The third kappa shape index (κ3) is 2.27. The van der Waals surface area contributed by atoms with E-state index < -0.39 is 10.0 Å². The quantitative estimate of drug-likeness (QED) is 0.885. The lowest BCUT2D eigenvalue weighted by Crippen LogP contribution is -2.41. The monoisotopic (exact) mass is 350 g/mol. The fourth-order valence-electron chi connectivity index (χ4n) is 2.77. The van der Waals surface area contributed by atoms with E-state index in [0.717, 1.165) is 23.2 Å². The molecule has 3 rings (SSSR count). The Morgan fingerprint density at radius 1 is 1.39 bits per heavy atom. The molecule has 7 heteroatoms. The predicted molar refractivity (Wildman–Crippen MR) is 75.3 cm³/mol. The summed E-state index contributed by atoms with van der Waals surface area (Å²) < 4.78 is 27.9. The van der Waals surface area contributed by atoms with Gasteiger partial charge in [-0.1, -0.05) is 0 Å². The van der Waals surface area contributed by atoms with Crippen molar-refractivity contribution in [3.63, 3.8) is 0 Å². The summed E-state index contributed by atoms with van der Waals surface area (Å²) in [5.41, 5.74) is 0.